The van der Waals surface area contributed by atoms with Crippen LogP contribution < -0.4 is 5.32 Å². The molecule has 0 bridgehead atoms. The Balaban J connectivity index is 1.22. The highest BCUT2D eigenvalue weighted by Gasteiger charge is 2.27. The molecule has 170 valence electrons. The third kappa shape index (κ3) is 4.71. The average molecular weight is 481 g/mol. The number of hydrogen-bond acceptors (Lipinski definition) is 5. The van der Waals surface area contributed by atoms with Gasteiger partial charge in [-0.25, -0.2) is 13.4 Å². The van der Waals surface area contributed by atoms with Gasteiger partial charge in [0.05, 0.1) is 17.5 Å². The van der Waals surface area contributed by atoms with Crippen molar-refractivity contribution in [2.75, 3.05) is 18.4 Å². The molecular formula is C24H24N4O3S2. The zero-order chi connectivity index (χ0) is 22.8. The molecule has 1 amide bonds. The van der Waals surface area contributed by atoms with Gasteiger partial charge in [0.25, 0.3) is 10.0 Å². The van der Waals surface area contributed by atoms with Crippen LogP contribution in [0.15, 0.2) is 64.9 Å². The van der Waals surface area contributed by atoms with E-state index in [1.165, 1.54) is 11.3 Å². The predicted octanol–water partition coefficient (Wildman–Crippen LogP) is 4.65. The summed E-state index contributed by atoms with van der Waals surface area (Å²) < 4.78 is 27.5. The van der Waals surface area contributed by atoms with Gasteiger partial charge >= 0.3 is 0 Å². The molecule has 1 saturated heterocycles. The molecule has 33 heavy (non-hydrogen) atoms. The molecule has 2 N–H and O–H groups in total. The van der Waals surface area contributed by atoms with E-state index in [9.17, 15) is 13.2 Å². The lowest BCUT2D eigenvalue weighted by atomic mass is 10.2. The maximum atomic E-state index is 12.8. The molecule has 1 aliphatic heterocycles. The zero-order valence-electron chi connectivity index (χ0n) is 18.0. The number of benzene rings is 2. The highest BCUT2D eigenvalue weighted by molar-refractivity contribution is 7.91. The number of H-pyrrole nitrogens is 1. The second-order valence-corrected chi connectivity index (χ2v) is 11.4. The summed E-state index contributed by atoms with van der Waals surface area (Å²) in [4.78, 5) is 21.1. The van der Waals surface area contributed by atoms with Crippen molar-refractivity contribution in [3.05, 3.63) is 65.5 Å². The van der Waals surface area contributed by atoms with Crippen LogP contribution in [-0.2, 0) is 21.2 Å². The van der Waals surface area contributed by atoms with Gasteiger partial charge in [0.1, 0.15) is 10.0 Å². The molecule has 2 aromatic heterocycles. The Kier molecular flexibility index (Phi) is 6.01. The summed E-state index contributed by atoms with van der Waals surface area (Å²) in [5.74, 6) is 0.588. The van der Waals surface area contributed by atoms with E-state index in [2.05, 4.69) is 15.3 Å². The van der Waals surface area contributed by atoms with Crippen LogP contribution in [0.4, 0.5) is 5.69 Å². The number of hydrogen-bond donors (Lipinski definition) is 2. The first-order valence-corrected chi connectivity index (χ1v) is 13.2. The molecular weight excluding hydrogens is 456 g/mol. The Morgan fingerprint density at radius 2 is 1.76 bits per heavy atom. The number of para-hydroxylation sites is 2. The molecule has 1 aliphatic rings. The summed E-state index contributed by atoms with van der Waals surface area (Å²) in [5, 5.41) is 2.88. The fourth-order valence-corrected chi connectivity index (χ4v) is 7.01. The van der Waals surface area contributed by atoms with E-state index in [1.807, 2.05) is 48.5 Å². The normalized spacial score (nSPS) is 15.0. The number of amides is 1. The maximum Gasteiger partial charge on any atom is 0.252 e. The van der Waals surface area contributed by atoms with E-state index >= 15 is 0 Å². The number of imidazole rings is 1. The third-order valence-corrected chi connectivity index (χ3v) is 9.16. The molecule has 9 heteroatoms. The maximum absolute atomic E-state index is 12.8. The molecule has 0 atom stereocenters. The van der Waals surface area contributed by atoms with Crippen molar-refractivity contribution in [2.24, 2.45) is 0 Å². The number of piperidine rings is 1. The van der Waals surface area contributed by atoms with Crippen molar-refractivity contribution >= 4 is 44.0 Å². The Hall–Kier alpha value is -3.01. The topological polar surface area (TPSA) is 95.2 Å². The van der Waals surface area contributed by atoms with Crippen LogP contribution in [0.5, 0.6) is 0 Å². The summed E-state index contributed by atoms with van der Waals surface area (Å²) in [6, 6.07) is 18.7. The zero-order valence-corrected chi connectivity index (χ0v) is 19.6. The van der Waals surface area contributed by atoms with Gasteiger partial charge in [-0.2, -0.15) is 4.31 Å². The van der Waals surface area contributed by atoms with Crippen molar-refractivity contribution in [1.82, 2.24) is 14.3 Å². The Bertz CT molecular complexity index is 1350. The first kappa shape index (κ1) is 21.8. The van der Waals surface area contributed by atoms with Crippen molar-refractivity contribution in [3.63, 3.8) is 0 Å². The number of anilines is 1. The Labute approximate surface area is 196 Å². The number of aromatic nitrogens is 2. The van der Waals surface area contributed by atoms with Crippen LogP contribution in [0.2, 0.25) is 0 Å². The van der Waals surface area contributed by atoms with Gasteiger partial charge < -0.3 is 10.3 Å². The largest absolute Gasteiger partial charge is 0.338 e. The molecule has 7 nitrogen and oxygen atoms in total. The molecule has 5 rings (SSSR count). The molecule has 0 spiro atoms. The Morgan fingerprint density at radius 3 is 2.52 bits per heavy atom. The van der Waals surface area contributed by atoms with Crippen LogP contribution >= 0.6 is 11.3 Å². The van der Waals surface area contributed by atoms with Crippen LogP contribution in [0.3, 0.4) is 0 Å². The van der Waals surface area contributed by atoms with Crippen LogP contribution in [0.25, 0.3) is 22.4 Å². The minimum absolute atomic E-state index is 0.130. The summed E-state index contributed by atoms with van der Waals surface area (Å²) in [5.41, 5.74) is 3.48. The van der Waals surface area contributed by atoms with Gasteiger partial charge in [-0.3, -0.25) is 4.79 Å². The van der Waals surface area contributed by atoms with Crippen molar-refractivity contribution < 1.29 is 13.2 Å². The van der Waals surface area contributed by atoms with Crippen molar-refractivity contribution in [2.45, 2.75) is 29.9 Å². The van der Waals surface area contributed by atoms with Gasteiger partial charge in [-0.05, 0) is 61.4 Å². The van der Waals surface area contributed by atoms with Gasteiger partial charge in [0.2, 0.25) is 5.91 Å². The molecule has 0 unspecified atom stereocenters. The van der Waals surface area contributed by atoms with E-state index in [1.54, 1.807) is 16.4 Å². The quantitative estimate of drug-likeness (QED) is 0.420. The number of aromatic amines is 1. The summed E-state index contributed by atoms with van der Waals surface area (Å²) >= 11 is 1.17. The van der Waals surface area contributed by atoms with Gasteiger partial charge in [-0.15, -0.1) is 11.3 Å². The SMILES string of the molecule is O=C(Cc1ccc(S(=O)(=O)N2CCCCC2)s1)Nc1ccc(-c2nc3ccccc3[nH]2)cc1. The second kappa shape index (κ2) is 9.09. The average Bonchev–Trinajstić information content (AvgIpc) is 3.47. The summed E-state index contributed by atoms with van der Waals surface area (Å²) in [6.07, 6.45) is 3.00. The fraction of sp³-hybridized carbons (Fsp3) is 0.250. The first-order valence-electron chi connectivity index (χ1n) is 10.9. The molecule has 0 aliphatic carbocycles. The van der Waals surface area contributed by atoms with E-state index in [-0.39, 0.29) is 12.3 Å². The second-order valence-electron chi connectivity index (χ2n) is 8.09. The van der Waals surface area contributed by atoms with E-state index < -0.39 is 10.0 Å². The van der Waals surface area contributed by atoms with Crippen molar-refractivity contribution in [3.8, 4) is 11.4 Å². The monoisotopic (exact) mass is 480 g/mol. The lowest BCUT2D eigenvalue weighted by Crippen LogP contribution is -2.35. The summed E-state index contributed by atoms with van der Waals surface area (Å²) in [7, 11) is -3.47. The summed E-state index contributed by atoms with van der Waals surface area (Å²) in [6.45, 7) is 1.14. The lowest BCUT2D eigenvalue weighted by molar-refractivity contribution is -0.115. The van der Waals surface area contributed by atoms with E-state index in [4.69, 9.17) is 0 Å². The lowest BCUT2D eigenvalue weighted by Gasteiger charge is -2.25. The number of fused-ring (bicyclic) bond motifs is 1. The molecule has 3 heterocycles. The number of nitrogens with zero attached hydrogens (tertiary/aromatic N) is 2. The number of rotatable bonds is 6. The predicted molar refractivity (Wildman–Crippen MR) is 131 cm³/mol. The Morgan fingerprint density at radius 1 is 1.00 bits per heavy atom. The molecule has 1 fully saturated rings. The number of carbonyl (C=O) groups excluding carboxylic acids is 1. The fourth-order valence-electron chi connectivity index (χ4n) is 3.99. The van der Waals surface area contributed by atoms with Crippen molar-refractivity contribution in [1.29, 1.82) is 0 Å². The minimum atomic E-state index is -3.47. The van der Waals surface area contributed by atoms with Crippen LogP contribution in [-0.4, -0.2) is 41.7 Å². The number of carbonyl (C=O) groups is 1. The number of sulfonamides is 1. The molecule has 0 saturated carbocycles. The van der Waals surface area contributed by atoms with Crippen LogP contribution in [0.1, 0.15) is 24.1 Å². The highest BCUT2D eigenvalue weighted by Crippen LogP contribution is 2.28. The highest BCUT2D eigenvalue weighted by atomic mass is 32.2. The van der Waals surface area contributed by atoms with Gasteiger partial charge in [0.15, 0.2) is 0 Å². The van der Waals surface area contributed by atoms with Gasteiger partial charge in [0, 0.05) is 29.2 Å². The van der Waals surface area contributed by atoms with Crippen LogP contribution in [0, 0.1) is 0 Å². The standard InChI is InChI=1S/C24H24N4O3S2/c29-22(16-19-12-13-23(32-19)33(30,31)28-14-4-1-5-15-28)25-18-10-8-17(9-11-18)24-26-20-6-2-3-7-21(20)27-24/h2-3,6-13H,1,4-5,14-16H2,(H,25,29)(H,26,27). The van der Waals surface area contributed by atoms with E-state index in [0.29, 0.717) is 23.0 Å². The molecule has 2 aromatic carbocycles. The van der Waals surface area contributed by atoms with E-state index in [0.717, 1.165) is 46.6 Å². The first-order chi connectivity index (χ1) is 16.0. The third-order valence-electron chi connectivity index (χ3n) is 5.71. The minimum Gasteiger partial charge on any atom is -0.338 e. The molecule has 0 radical (unpaired) electrons. The number of thiophene rings is 1. The van der Waals surface area contributed by atoms with Gasteiger partial charge in [-0.1, -0.05) is 18.6 Å². The smallest absolute Gasteiger partial charge is 0.252 e. The molecule has 4 aromatic rings. The number of nitrogens with one attached hydrogen (secondary N) is 2.